The van der Waals surface area contributed by atoms with Crippen molar-refractivity contribution in [2.75, 3.05) is 36.5 Å². The molecule has 0 amide bonds. The molecule has 1 fully saturated rings. The van der Waals surface area contributed by atoms with Gasteiger partial charge >= 0.3 is 0 Å². The fraction of sp³-hybridized carbons (Fsp3) is 0.733. The van der Waals surface area contributed by atoms with E-state index in [4.69, 9.17) is 9.72 Å². The van der Waals surface area contributed by atoms with E-state index in [9.17, 15) is 0 Å². The van der Waals surface area contributed by atoms with Crippen molar-refractivity contribution < 1.29 is 4.74 Å². The fourth-order valence-corrected chi connectivity index (χ4v) is 2.23. The molecule has 1 aliphatic heterocycles. The number of hydrogen-bond donors (Lipinski definition) is 1. The molecule has 2 rings (SSSR count). The Morgan fingerprint density at radius 1 is 1.40 bits per heavy atom. The Balaban J connectivity index is 2.33. The summed E-state index contributed by atoms with van der Waals surface area (Å²) in [6.45, 7) is 14.0. The van der Waals surface area contributed by atoms with Gasteiger partial charge < -0.3 is 15.0 Å². The molecule has 1 N–H and O–H groups in total. The first kappa shape index (κ1) is 15.0. The summed E-state index contributed by atoms with van der Waals surface area (Å²) < 4.78 is 5.60. The molecule has 5 heteroatoms. The quantitative estimate of drug-likeness (QED) is 0.920. The molecule has 0 aromatic carbocycles. The standard InChI is InChI=1S/C15H26N4O/c1-6-16-12-9-13(18-14(17-12)15(3,4)5)19-7-8-20-11(2)10-19/h9,11H,6-8,10H2,1-5H3,(H,16,17,18). The number of hydrogen-bond acceptors (Lipinski definition) is 5. The van der Waals surface area contributed by atoms with Crippen molar-refractivity contribution in [1.82, 2.24) is 9.97 Å². The first-order valence-electron chi connectivity index (χ1n) is 7.40. The molecule has 5 nitrogen and oxygen atoms in total. The molecule has 0 aliphatic carbocycles. The van der Waals surface area contributed by atoms with E-state index < -0.39 is 0 Å². The fourth-order valence-electron chi connectivity index (χ4n) is 2.23. The Hall–Kier alpha value is -1.36. The highest BCUT2D eigenvalue weighted by Crippen LogP contribution is 2.25. The van der Waals surface area contributed by atoms with Crippen molar-refractivity contribution in [3.05, 3.63) is 11.9 Å². The number of ether oxygens (including phenoxy) is 1. The van der Waals surface area contributed by atoms with E-state index in [0.717, 1.165) is 43.7 Å². The predicted molar refractivity (Wildman–Crippen MR) is 82.5 cm³/mol. The lowest BCUT2D eigenvalue weighted by Gasteiger charge is -2.33. The molecular formula is C15H26N4O. The summed E-state index contributed by atoms with van der Waals surface area (Å²) >= 11 is 0. The summed E-state index contributed by atoms with van der Waals surface area (Å²) in [6, 6.07) is 2.04. The van der Waals surface area contributed by atoms with Crippen LogP contribution in [0.2, 0.25) is 0 Å². The average Bonchev–Trinajstić information content (AvgIpc) is 2.38. The second kappa shape index (κ2) is 5.95. The van der Waals surface area contributed by atoms with Gasteiger partial charge in [0.05, 0.1) is 12.7 Å². The monoisotopic (exact) mass is 278 g/mol. The zero-order valence-electron chi connectivity index (χ0n) is 13.2. The number of aromatic nitrogens is 2. The lowest BCUT2D eigenvalue weighted by atomic mass is 9.96. The van der Waals surface area contributed by atoms with E-state index in [2.05, 4.69) is 49.8 Å². The molecule has 1 aromatic heterocycles. The normalized spacial score (nSPS) is 20.1. The van der Waals surface area contributed by atoms with Crippen LogP contribution in [0.4, 0.5) is 11.6 Å². The SMILES string of the molecule is CCNc1cc(N2CCOC(C)C2)nc(C(C)(C)C)n1. The lowest BCUT2D eigenvalue weighted by Crippen LogP contribution is -2.41. The maximum Gasteiger partial charge on any atom is 0.138 e. The number of anilines is 2. The topological polar surface area (TPSA) is 50.3 Å². The van der Waals surface area contributed by atoms with Crippen molar-refractivity contribution in [1.29, 1.82) is 0 Å². The van der Waals surface area contributed by atoms with Crippen LogP contribution in [0, 0.1) is 0 Å². The van der Waals surface area contributed by atoms with Crippen LogP contribution < -0.4 is 10.2 Å². The van der Waals surface area contributed by atoms with Gasteiger partial charge in [0.25, 0.3) is 0 Å². The van der Waals surface area contributed by atoms with Gasteiger partial charge in [-0.2, -0.15) is 0 Å². The minimum Gasteiger partial charge on any atom is -0.375 e. The van der Waals surface area contributed by atoms with Gasteiger partial charge in [-0.25, -0.2) is 9.97 Å². The molecule has 112 valence electrons. The molecule has 1 aliphatic rings. The summed E-state index contributed by atoms with van der Waals surface area (Å²) in [7, 11) is 0. The van der Waals surface area contributed by atoms with Gasteiger partial charge in [0.2, 0.25) is 0 Å². The number of morpholine rings is 1. The Bertz CT molecular complexity index is 456. The third-order valence-corrected chi connectivity index (χ3v) is 3.31. The van der Waals surface area contributed by atoms with Crippen LogP contribution in [-0.4, -0.2) is 42.3 Å². The molecule has 2 heterocycles. The Kier molecular flexibility index (Phi) is 4.48. The van der Waals surface area contributed by atoms with Crippen LogP contribution in [0.5, 0.6) is 0 Å². The van der Waals surface area contributed by atoms with Gasteiger partial charge in [-0.3, -0.25) is 0 Å². The van der Waals surface area contributed by atoms with Crippen LogP contribution in [-0.2, 0) is 10.2 Å². The van der Waals surface area contributed by atoms with E-state index in [-0.39, 0.29) is 11.5 Å². The summed E-state index contributed by atoms with van der Waals surface area (Å²) in [5.41, 5.74) is -0.0575. The molecule has 1 saturated heterocycles. The van der Waals surface area contributed by atoms with E-state index in [1.165, 1.54) is 0 Å². The van der Waals surface area contributed by atoms with Crippen LogP contribution in [0.15, 0.2) is 6.07 Å². The molecule has 0 bridgehead atoms. The summed E-state index contributed by atoms with van der Waals surface area (Å²) in [6.07, 6.45) is 0.249. The second-order valence-corrected chi connectivity index (χ2v) is 6.34. The molecule has 1 aromatic rings. The van der Waals surface area contributed by atoms with Crippen molar-refractivity contribution in [3.63, 3.8) is 0 Å². The smallest absolute Gasteiger partial charge is 0.138 e. The highest BCUT2D eigenvalue weighted by atomic mass is 16.5. The zero-order valence-corrected chi connectivity index (χ0v) is 13.2. The zero-order chi connectivity index (χ0) is 14.8. The van der Waals surface area contributed by atoms with Gasteiger partial charge in [0.15, 0.2) is 0 Å². The number of nitrogens with one attached hydrogen (secondary N) is 1. The van der Waals surface area contributed by atoms with Crippen LogP contribution >= 0.6 is 0 Å². The Labute approximate surface area is 121 Å². The van der Waals surface area contributed by atoms with Gasteiger partial charge in [-0.05, 0) is 13.8 Å². The molecule has 0 radical (unpaired) electrons. The van der Waals surface area contributed by atoms with Gasteiger partial charge in [0, 0.05) is 31.1 Å². The third kappa shape index (κ3) is 3.60. The van der Waals surface area contributed by atoms with E-state index >= 15 is 0 Å². The Morgan fingerprint density at radius 2 is 2.15 bits per heavy atom. The molecule has 0 spiro atoms. The molecule has 20 heavy (non-hydrogen) atoms. The van der Waals surface area contributed by atoms with Crippen molar-refractivity contribution in [3.8, 4) is 0 Å². The van der Waals surface area contributed by atoms with Gasteiger partial charge in [-0.1, -0.05) is 20.8 Å². The maximum atomic E-state index is 5.60. The lowest BCUT2D eigenvalue weighted by molar-refractivity contribution is 0.0529. The highest BCUT2D eigenvalue weighted by molar-refractivity contribution is 5.50. The van der Waals surface area contributed by atoms with E-state index in [1.807, 2.05) is 6.07 Å². The average molecular weight is 278 g/mol. The predicted octanol–water partition coefficient (Wildman–Crippen LogP) is 2.43. The minimum absolute atomic E-state index is 0.0575. The summed E-state index contributed by atoms with van der Waals surface area (Å²) in [5.74, 6) is 2.78. The van der Waals surface area contributed by atoms with E-state index in [0.29, 0.717) is 0 Å². The highest BCUT2D eigenvalue weighted by Gasteiger charge is 2.23. The van der Waals surface area contributed by atoms with Crippen LogP contribution in [0.3, 0.4) is 0 Å². The first-order valence-corrected chi connectivity index (χ1v) is 7.40. The van der Waals surface area contributed by atoms with Gasteiger partial charge in [-0.15, -0.1) is 0 Å². The van der Waals surface area contributed by atoms with Crippen LogP contribution in [0.25, 0.3) is 0 Å². The largest absolute Gasteiger partial charge is 0.375 e. The molecule has 0 saturated carbocycles. The Morgan fingerprint density at radius 3 is 2.75 bits per heavy atom. The van der Waals surface area contributed by atoms with Gasteiger partial charge in [0.1, 0.15) is 17.5 Å². The minimum atomic E-state index is -0.0575. The molecular weight excluding hydrogens is 252 g/mol. The maximum absolute atomic E-state index is 5.60. The van der Waals surface area contributed by atoms with Crippen molar-refractivity contribution in [2.24, 2.45) is 0 Å². The first-order chi connectivity index (χ1) is 9.40. The number of nitrogens with zero attached hydrogens (tertiary/aromatic N) is 3. The van der Waals surface area contributed by atoms with Crippen LogP contribution in [0.1, 0.15) is 40.4 Å². The number of rotatable bonds is 3. The summed E-state index contributed by atoms with van der Waals surface area (Å²) in [5, 5.41) is 3.30. The summed E-state index contributed by atoms with van der Waals surface area (Å²) in [4.78, 5) is 11.7. The molecule has 1 atom stereocenters. The third-order valence-electron chi connectivity index (χ3n) is 3.31. The van der Waals surface area contributed by atoms with E-state index in [1.54, 1.807) is 0 Å². The second-order valence-electron chi connectivity index (χ2n) is 6.34. The van der Waals surface area contributed by atoms with Crippen molar-refractivity contribution >= 4 is 11.6 Å². The molecule has 1 unspecified atom stereocenters. The van der Waals surface area contributed by atoms with Crippen molar-refractivity contribution in [2.45, 2.75) is 46.1 Å².